The van der Waals surface area contributed by atoms with Gasteiger partial charge in [0.25, 0.3) is 0 Å². The van der Waals surface area contributed by atoms with E-state index < -0.39 is 0 Å². The number of hydrogen-bond donors (Lipinski definition) is 0. The van der Waals surface area contributed by atoms with Crippen molar-refractivity contribution in [3.8, 4) is 16.9 Å². The van der Waals surface area contributed by atoms with Gasteiger partial charge in [-0.05, 0) is 73.3 Å². The quantitative estimate of drug-likeness (QED) is 0.464. The first-order valence-corrected chi connectivity index (χ1v) is 10.0. The third kappa shape index (κ3) is 5.36. The van der Waals surface area contributed by atoms with Crippen molar-refractivity contribution in [2.75, 3.05) is 6.61 Å². The zero-order valence-electron chi connectivity index (χ0n) is 15.5. The van der Waals surface area contributed by atoms with Crippen molar-refractivity contribution < 1.29 is 4.74 Å². The van der Waals surface area contributed by atoms with Crippen LogP contribution in [0.4, 0.5) is 0 Å². The molecule has 1 saturated carbocycles. The number of hydrogen-bond acceptors (Lipinski definition) is 1. The van der Waals surface area contributed by atoms with Crippen molar-refractivity contribution in [1.82, 2.24) is 0 Å². The van der Waals surface area contributed by atoms with Gasteiger partial charge in [0.15, 0.2) is 0 Å². The molecule has 1 aliphatic carbocycles. The van der Waals surface area contributed by atoms with Crippen LogP contribution in [0.25, 0.3) is 11.1 Å². The predicted molar refractivity (Wildman–Crippen MR) is 107 cm³/mol. The highest BCUT2D eigenvalue weighted by atomic mass is 16.5. The molecule has 0 spiro atoms. The summed E-state index contributed by atoms with van der Waals surface area (Å²) in [6.45, 7) is 3.06. The van der Waals surface area contributed by atoms with Gasteiger partial charge in [-0.3, -0.25) is 0 Å². The topological polar surface area (TPSA) is 9.23 Å². The summed E-state index contributed by atoms with van der Waals surface area (Å²) in [5.74, 6) is 1.73. The Morgan fingerprint density at radius 1 is 0.800 bits per heavy atom. The minimum absolute atomic E-state index is 0.752. The van der Waals surface area contributed by atoms with Crippen LogP contribution < -0.4 is 4.74 Å². The van der Waals surface area contributed by atoms with E-state index in [0.29, 0.717) is 0 Å². The molecule has 0 N–H and O–H groups in total. The van der Waals surface area contributed by atoms with Crippen LogP contribution in [0.2, 0.25) is 0 Å². The molecule has 0 heterocycles. The van der Waals surface area contributed by atoms with Crippen LogP contribution in [-0.4, -0.2) is 6.61 Å². The Balaban J connectivity index is 1.54. The Morgan fingerprint density at radius 2 is 1.44 bits per heavy atom. The van der Waals surface area contributed by atoms with E-state index in [9.17, 15) is 0 Å². The molecule has 2 aromatic carbocycles. The van der Waals surface area contributed by atoms with Gasteiger partial charge in [-0.25, -0.2) is 0 Å². The van der Waals surface area contributed by atoms with Gasteiger partial charge in [0.2, 0.25) is 0 Å². The summed E-state index contributed by atoms with van der Waals surface area (Å²) in [5, 5.41) is 0. The second-order valence-electron chi connectivity index (χ2n) is 7.20. The van der Waals surface area contributed by atoms with Crippen molar-refractivity contribution >= 4 is 0 Å². The van der Waals surface area contributed by atoms with Crippen LogP contribution in [0.3, 0.4) is 0 Å². The Morgan fingerprint density at radius 3 is 2.08 bits per heavy atom. The Kier molecular flexibility index (Phi) is 6.97. The molecule has 1 radical (unpaired) electrons. The maximum Gasteiger partial charge on any atom is 0.119 e. The van der Waals surface area contributed by atoms with E-state index in [1.807, 2.05) is 0 Å². The van der Waals surface area contributed by atoms with Gasteiger partial charge in [0.1, 0.15) is 5.75 Å². The van der Waals surface area contributed by atoms with Gasteiger partial charge >= 0.3 is 0 Å². The number of unbranched alkanes of at least 4 members (excludes halogenated alkanes) is 3. The van der Waals surface area contributed by atoms with Crippen molar-refractivity contribution in [2.24, 2.45) is 0 Å². The van der Waals surface area contributed by atoms with E-state index in [-0.39, 0.29) is 0 Å². The molecule has 3 rings (SSSR count). The van der Waals surface area contributed by atoms with Crippen molar-refractivity contribution in [2.45, 2.75) is 64.2 Å². The number of ether oxygens (including phenoxy) is 1. The third-order valence-corrected chi connectivity index (χ3v) is 5.27. The number of benzene rings is 2. The maximum atomic E-state index is 5.84. The molecule has 0 aliphatic heterocycles. The first-order valence-electron chi connectivity index (χ1n) is 10.0. The lowest BCUT2D eigenvalue weighted by molar-refractivity contribution is 0.305. The smallest absolute Gasteiger partial charge is 0.119 e. The summed E-state index contributed by atoms with van der Waals surface area (Å²) in [5.41, 5.74) is 4.06. The van der Waals surface area contributed by atoms with Crippen LogP contribution in [0.15, 0.2) is 48.5 Å². The molecule has 2 aromatic rings. The molecule has 133 valence electrons. The van der Waals surface area contributed by atoms with E-state index in [1.54, 1.807) is 0 Å². The summed E-state index contributed by atoms with van der Waals surface area (Å²) in [6.07, 6.45) is 12.6. The van der Waals surface area contributed by atoms with E-state index in [2.05, 4.69) is 61.9 Å². The SMILES string of the molecule is CCCCCCOc1ccc(-c2ccc(C3CC[CH]CC3)cc2)cc1. The molecule has 0 bridgehead atoms. The minimum atomic E-state index is 0.752. The van der Waals surface area contributed by atoms with E-state index in [4.69, 9.17) is 4.74 Å². The fourth-order valence-corrected chi connectivity index (χ4v) is 3.67. The van der Waals surface area contributed by atoms with Gasteiger partial charge in [0, 0.05) is 0 Å². The Bertz CT molecular complexity index is 606. The zero-order valence-corrected chi connectivity index (χ0v) is 15.5. The summed E-state index contributed by atoms with van der Waals surface area (Å²) >= 11 is 0. The Hall–Kier alpha value is -1.76. The highest BCUT2D eigenvalue weighted by Crippen LogP contribution is 2.33. The second kappa shape index (κ2) is 9.65. The molecule has 0 aromatic heterocycles. The van der Waals surface area contributed by atoms with Gasteiger partial charge in [-0.2, -0.15) is 0 Å². The number of rotatable bonds is 8. The monoisotopic (exact) mass is 335 g/mol. The lowest BCUT2D eigenvalue weighted by Crippen LogP contribution is -2.04. The van der Waals surface area contributed by atoms with E-state index in [1.165, 1.54) is 61.6 Å². The van der Waals surface area contributed by atoms with Gasteiger partial charge < -0.3 is 4.74 Å². The molecule has 0 atom stereocenters. The van der Waals surface area contributed by atoms with Crippen molar-refractivity contribution in [3.63, 3.8) is 0 Å². The molecule has 0 amide bonds. The van der Waals surface area contributed by atoms with Crippen LogP contribution in [0.1, 0.15) is 69.8 Å². The molecule has 0 saturated heterocycles. The average molecular weight is 336 g/mol. The first-order chi connectivity index (χ1) is 12.4. The summed E-state index contributed by atoms with van der Waals surface area (Å²) in [7, 11) is 0. The maximum absolute atomic E-state index is 5.84. The van der Waals surface area contributed by atoms with Crippen LogP contribution in [0.5, 0.6) is 5.75 Å². The van der Waals surface area contributed by atoms with Crippen molar-refractivity contribution in [1.29, 1.82) is 0 Å². The second-order valence-corrected chi connectivity index (χ2v) is 7.20. The summed E-state index contributed by atoms with van der Waals surface area (Å²) < 4.78 is 5.84. The first kappa shape index (κ1) is 18.0. The van der Waals surface area contributed by atoms with Gasteiger partial charge in [-0.1, -0.05) is 62.6 Å². The zero-order chi connectivity index (χ0) is 17.3. The predicted octanol–water partition coefficient (Wildman–Crippen LogP) is 7.17. The standard InChI is InChI=1S/C24H31O/c1-2-3-4-8-19-25-24-17-15-23(16-18-24)22-13-11-21(12-14-22)20-9-6-5-7-10-20/h5,11-18,20H,2-4,6-10,19H2,1H3. The van der Waals surface area contributed by atoms with Crippen LogP contribution in [0, 0.1) is 6.42 Å². The van der Waals surface area contributed by atoms with Crippen LogP contribution in [-0.2, 0) is 0 Å². The van der Waals surface area contributed by atoms with Crippen LogP contribution >= 0.6 is 0 Å². The lowest BCUT2D eigenvalue weighted by Gasteiger charge is -2.22. The molecular formula is C24H31O. The largest absolute Gasteiger partial charge is 0.494 e. The van der Waals surface area contributed by atoms with E-state index in [0.717, 1.165) is 24.7 Å². The highest BCUT2D eigenvalue weighted by Gasteiger charge is 2.15. The third-order valence-electron chi connectivity index (χ3n) is 5.27. The van der Waals surface area contributed by atoms with Gasteiger partial charge in [-0.15, -0.1) is 0 Å². The normalized spacial score (nSPS) is 15.2. The fraction of sp³-hybridized carbons (Fsp3) is 0.458. The minimum Gasteiger partial charge on any atom is -0.494 e. The summed E-state index contributed by atoms with van der Waals surface area (Å²) in [6, 6.07) is 17.7. The summed E-state index contributed by atoms with van der Waals surface area (Å²) in [4.78, 5) is 0. The average Bonchev–Trinajstić information content (AvgIpc) is 2.69. The molecule has 1 nitrogen and oxygen atoms in total. The van der Waals surface area contributed by atoms with Crippen molar-refractivity contribution in [3.05, 3.63) is 60.5 Å². The fourth-order valence-electron chi connectivity index (χ4n) is 3.67. The highest BCUT2D eigenvalue weighted by molar-refractivity contribution is 5.64. The molecule has 1 heteroatoms. The van der Waals surface area contributed by atoms with E-state index >= 15 is 0 Å². The molecule has 25 heavy (non-hydrogen) atoms. The van der Waals surface area contributed by atoms with Gasteiger partial charge in [0.05, 0.1) is 6.61 Å². The lowest BCUT2D eigenvalue weighted by atomic mass is 9.84. The molecule has 1 fully saturated rings. The molecule has 1 aliphatic rings. The molecular weight excluding hydrogens is 304 g/mol. The molecule has 0 unspecified atom stereocenters. The Labute approximate surface area is 153 Å².